The average Bonchev–Trinajstić information content (AvgIpc) is 3.27. The maximum atomic E-state index is 13.1. The van der Waals surface area contributed by atoms with Crippen molar-refractivity contribution in [3.63, 3.8) is 0 Å². The zero-order valence-electron chi connectivity index (χ0n) is 37.9. The molecule has 2 rings (SSSR count). The SMILES string of the molecule is CC(C)(C)CCCCC(=O)[C@H](CCCCNC(=O)CCOCCOCCNC(=O)CCOCCOCCNC(=O)CC(=O)OCc1ccccc1)NCC(=O)c1ccccc1.O=C=O. The summed E-state index contributed by atoms with van der Waals surface area (Å²) in [4.78, 5) is 89.9. The number of nitrogens with one attached hydrogen (secondary N) is 4. The van der Waals surface area contributed by atoms with Crippen LogP contribution in [0.1, 0.15) is 101 Å². The molecule has 0 bridgehead atoms. The Morgan fingerprint density at radius 1 is 0.594 bits per heavy atom. The Bertz CT molecular complexity index is 1630. The van der Waals surface area contributed by atoms with Crippen LogP contribution in [-0.4, -0.2) is 126 Å². The van der Waals surface area contributed by atoms with Crippen molar-refractivity contribution in [3.8, 4) is 0 Å². The van der Waals surface area contributed by atoms with E-state index in [1.165, 1.54) is 0 Å². The predicted molar refractivity (Wildman–Crippen MR) is 237 cm³/mol. The molecule has 0 saturated heterocycles. The van der Waals surface area contributed by atoms with Crippen molar-refractivity contribution in [2.45, 2.75) is 97.6 Å². The lowest BCUT2D eigenvalue weighted by Gasteiger charge is -2.19. The number of carbonyl (C=O) groups is 6. The molecule has 356 valence electrons. The minimum absolute atomic E-state index is 0.0481. The second-order valence-corrected chi connectivity index (χ2v) is 15.9. The highest BCUT2D eigenvalue weighted by Gasteiger charge is 2.20. The van der Waals surface area contributed by atoms with Crippen molar-refractivity contribution in [3.05, 3.63) is 71.8 Å². The molecule has 17 nitrogen and oxygen atoms in total. The van der Waals surface area contributed by atoms with Gasteiger partial charge in [-0.1, -0.05) is 87.9 Å². The number of unbranched alkanes of at least 4 members (excludes halogenated alkanes) is 2. The van der Waals surface area contributed by atoms with E-state index in [4.69, 9.17) is 33.3 Å². The molecular formula is C47H70N4O13. The van der Waals surface area contributed by atoms with Crippen molar-refractivity contribution < 1.29 is 62.0 Å². The molecule has 1 atom stereocenters. The Hall–Kier alpha value is -5.16. The van der Waals surface area contributed by atoms with Crippen molar-refractivity contribution in [1.82, 2.24) is 21.3 Å². The highest BCUT2D eigenvalue weighted by atomic mass is 16.5. The van der Waals surface area contributed by atoms with E-state index in [1.807, 2.05) is 48.5 Å². The zero-order valence-corrected chi connectivity index (χ0v) is 37.9. The van der Waals surface area contributed by atoms with Gasteiger partial charge in [-0.25, -0.2) is 0 Å². The van der Waals surface area contributed by atoms with Gasteiger partial charge >= 0.3 is 12.1 Å². The van der Waals surface area contributed by atoms with Crippen LogP contribution in [0, 0.1) is 5.41 Å². The molecule has 0 aliphatic carbocycles. The van der Waals surface area contributed by atoms with Gasteiger partial charge in [0, 0.05) is 44.5 Å². The Balaban J connectivity index is 0.00000662. The lowest BCUT2D eigenvalue weighted by Crippen LogP contribution is -2.40. The van der Waals surface area contributed by atoms with Crippen LogP contribution in [0.3, 0.4) is 0 Å². The number of carbonyl (C=O) groups excluding carboxylic acids is 8. The van der Waals surface area contributed by atoms with Crippen LogP contribution in [0.2, 0.25) is 0 Å². The van der Waals surface area contributed by atoms with E-state index in [-0.39, 0.29) is 93.7 Å². The number of benzene rings is 2. The van der Waals surface area contributed by atoms with E-state index in [9.17, 15) is 28.8 Å². The Labute approximate surface area is 377 Å². The maximum absolute atomic E-state index is 13.1. The van der Waals surface area contributed by atoms with E-state index >= 15 is 0 Å². The van der Waals surface area contributed by atoms with Gasteiger partial charge in [0.05, 0.1) is 65.4 Å². The van der Waals surface area contributed by atoms with Crippen molar-refractivity contribution in [1.29, 1.82) is 0 Å². The van der Waals surface area contributed by atoms with Gasteiger partial charge in [0.15, 0.2) is 5.78 Å². The van der Waals surface area contributed by atoms with Crippen molar-refractivity contribution >= 4 is 41.4 Å². The van der Waals surface area contributed by atoms with Gasteiger partial charge in [-0.2, -0.15) is 9.59 Å². The first kappa shape index (κ1) is 56.9. The molecular weight excluding hydrogens is 829 g/mol. The first-order chi connectivity index (χ1) is 30.8. The van der Waals surface area contributed by atoms with Crippen LogP contribution >= 0.6 is 0 Å². The van der Waals surface area contributed by atoms with Gasteiger partial charge in [-0.3, -0.25) is 28.8 Å². The summed E-state index contributed by atoms with van der Waals surface area (Å²) in [7, 11) is 0. The Kier molecular flexibility index (Phi) is 33.1. The molecule has 0 spiro atoms. The first-order valence-electron chi connectivity index (χ1n) is 22.0. The normalized spacial score (nSPS) is 11.3. The lowest BCUT2D eigenvalue weighted by atomic mass is 9.89. The van der Waals surface area contributed by atoms with Gasteiger partial charge in [0.2, 0.25) is 17.7 Å². The number of ketones is 2. The Morgan fingerprint density at radius 2 is 1.11 bits per heavy atom. The quantitative estimate of drug-likeness (QED) is 0.0329. The molecule has 0 heterocycles. The third-order valence-electron chi connectivity index (χ3n) is 9.21. The molecule has 0 fully saturated rings. The fraction of sp³-hybridized carbons (Fsp3) is 0.596. The smallest absolute Gasteiger partial charge is 0.373 e. The summed E-state index contributed by atoms with van der Waals surface area (Å²) in [5.41, 5.74) is 1.69. The number of Topliss-reactive ketones (excluding diaryl/α,β-unsaturated/α-hetero) is 2. The molecule has 0 aromatic heterocycles. The number of hydrogen-bond acceptors (Lipinski definition) is 14. The first-order valence-corrected chi connectivity index (χ1v) is 22.0. The van der Waals surface area contributed by atoms with Crippen LogP contribution in [0.5, 0.6) is 0 Å². The molecule has 0 aliphatic heterocycles. The zero-order chi connectivity index (χ0) is 47.1. The summed E-state index contributed by atoms with van der Waals surface area (Å²) in [6.45, 7) is 10.2. The summed E-state index contributed by atoms with van der Waals surface area (Å²) in [6, 6.07) is 17.9. The summed E-state index contributed by atoms with van der Waals surface area (Å²) in [6.07, 6.45) is 5.68. The topological polar surface area (TPSA) is 231 Å². The molecule has 0 radical (unpaired) electrons. The van der Waals surface area contributed by atoms with E-state index in [2.05, 4.69) is 42.0 Å². The van der Waals surface area contributed by atoms with Gasteiger partial charge < -0.3 is 45.0 Å². The number of amides is 3. The third kappa shape index (κ3) is 33.4. The van der Waals surface area contributed by atoms with Crippen molar-refractivity contribution in [2.24, 2.45) is 5.41 Å². The summed E-state index contributed by atoms with van der Waals surface area (Å²) < 4.78 is 26.9. The second kappa shape index (κ2) is 37.2. The molecule has 0 unspecified atom stereocenters. The van der Waals surface area contributed by atoms with Gasteiger partial charge in [0.25, 0.3) is 0 Å². The standard InChI is InChI=1S/C46H70N4O11.CO2/c1-46(2,3)22-12-10-19-40(51)39(50-35-41(52)38-16-8-5-9-17-38)18-11-13-23-47-42(53)20-26-57-30-32-59-28-24-48-43(54)21-27-58-31-33-60-29-25-49-44(55)34-45(56)61-36-37-14-6-4-7-15-37;2-1-3/h4-9,14-17,39,50H,10-13,18-36H2,1-3H3,(H,47,53)(H,48,54)(H,49,55);/t39-;/m0./s1. The van der Waals surface area contributed by atoms with E-state index < -0.39 is 17.9 Å². The molecule has 64 heavy (non-hydrogen) atoms. The summed E-state index contributed by atoms with van der Waals surface area (Å²) >= 11 is 0. The van der Waals surface area contributed by atoms with Gasteiger partial charge in [-0.15, -0.1) is 0 Å². The minimum Gasteiger partial charge on any atom is -0.460 e. The third-order valence-corrected chi connectivity index (χ3v) is 9.21. The molecule has 2 aromatic rings. The fourth-order valence-corrected chi connectivity index (χ4v) is 5.81. The van der Waals surface area contributed by atoms with Gasteiger partial charge in [-0.05, 0) is 43.1 Å². The number of esters is 1. The average molecular weight is 899 g/mol. The molecule has 4 N–H and O–H groups in total. The summed E-state index contributed by atoms with van der Waals surface area (Å²) in [5, 5.41) is 11.5. The van der Waals surface area contributed by atoms with E-state index in [0.717, 1.165) is 31.2 Å². The maximum Gasteiger partial charge on any atom is 0.373 e. The molecule has 0 saturated carbocycles. The van der Waals surface area contributed by atoms with Crippen LogP contribution in [0.15, 0.2) is 60.7 Å². The lowest BCUT2D eigenvalue weighted by molar-refractivity contribution is -0.191. The minimum atomic E-state index is -0.601. The summed E-state index contributed by atoms with van der Waals surface area (Å²) in [5.74, 6) is -1.25. The molecule has 2 aromatic carbocycles. The number of ether oxygens (including phenoxy) is 5. The largest absolute Gasteiger partial charge is 0.460 e. The van der Waals surface area contributed by atoms with Crippen LogP contribution in [0.25, 0.3) is 0 Å². The van der Waals surface area contributed by atoms with Crippen LogP contribution < -0.4 is 21.3 Å². The Morgan fingerprint density at radius 3 is 1.67 bits per heavy atom. The number of hydrogen-bond donors (Lipinski definition) is 4. The highest BCUT2D eigenvalue weighted by Crippen LogP contribution is 2.22. The molecule has 0 aliphatic rings. The van der Waals surface area contributed by atoms with Crippen LogP contribution in [0.4, 0.5) is 0 Å². The monoisotopic (exact) mass is 898 g/mol. The second-order valence-electron chi connectivity index (χ2n) is 15.9. The van der Waals surface area contributed by atoms with Crippen molar-refractivity contribution in [2.75, 3.05) is 79.0 Å². The predicted octanol–water partition coefficient (Wildman–Crippen LogP) is 3.92. The van der Waals surface area contributed by atoms with Crippen LogP contribution in [-0.2, 0) is 63.9 Å². The molecule has 17 heteroatoms. The van der Waals surface area contributed by atoms with E-state index in [0.29, 0.717) is 70.9 Å². The highest BCUT2D eigenvalue weighted by molar-refractivity contribution is 5.98. The number of rotatable bonds is 36. The van der Waals surface area contributed by atoms with Gasteiger partial charge in [0.1, 0.15) is 18.8 Å². The fourth-order valence-electron chi connectivity index (χ4n) is 5.81. The van der Waals surface area contributed by atoms with E-state index in [1.54, 1.807) is 12.1 Å². The molecule has 3 amide bonds.